The van der Waals surface area contributed by atoms with E-state index in [1.54, 1.807) is 16.2 Å². The van der Waals surface area contributed by atoms with Gasteiger partial charge in [-0.05, 0) is 25.0 Å². The topological polar surface area (TPSA) is 87.3 Å². The number of ether oxygens (including phenoxy) is 1. The molecule has 3 aromatic rings. The molecule has 0 radical (unpaired) electrons. The second-order valence-electron chi connectivity index (χ2n) is 7.68. The molecule has 2 amide bonds. The fraction of sp³-hybridized carbons (Fsp3) is 0.409. The lowest BCUT2D eigenvalue weighted by atomic mass is 10.0. The zero-order valence-electron chi connectivity index (χ0n) is 17.2. The normalized spacial score (nSPS) is 17.4. The SMILES string of the molecule is CC(=O)N[C@@H](Cc1c[nH]c2ccccc12)C(=O)N1CC[C@H](OCc2csc(C)n2)C1. The van der Waals surface area contributed by atoms with Crippen molar-refractivity contribution in [2.45, 2.75) is 45.4 Å². The Morgan fingerprint density at radius 1 is 1.40 bits per heavy atom. The van der Waals surface area contributed by atoms with Crippen molar-refractivity contribution in [2.75, 3.05) is 13.1 Å². The van der Waals surface area contributed by atoms with Gasteiger partial charge in [0.1, 0.15) is 6.04 Å². The number of aryl methyl sites for hydroxylation is 1. The van der Waals surface area contributed by atoms with E-state index in [-0.39, 0.29) is 17.9 Å². The molecule has 0 spiro atoms. The molecule has 7 nitrogen and oxygen atoms in total. The summed E-state index contributed by atoms with van der Waals surface area (Å²) in [5.41, 5.74) is 2.97. The number of amides is 2. The summed E-state index contributed by atoms with van der Waals surface area (Å²) in [7, 11) is 0. The molecule has 1 aromatic carbocycles. The summed E-state index contributed by atoms with van der Waals surface area (Å²) in [6.45, 7) is 5.04. The Morgan fingerprint density at radius 3 is 3.00 bits per heavy atom. The molecule has 4 rings (SSSR count). The molecule has 3 heterocycles. The monoisotopic (exact) mass is 426 g/mol. The average molecular weight is 427 g/mol. The van der Waals surface area contributed by atoms with E-state index in [4.69, 9.17) is 4.74 Å². The first kappa shape index (κ1) is 20.6. The number of carbonyl (C=O) groups excluding carboxylic acids is 2. The molecule has 0 aliphatic carbocycles. The number of benzene rings is 1. The van der Waals surface area contributed by atoms with Crippen molar-refractivity contribution in [3.05, 3.63) is 52.1 Å². The predicted molar refractivity (Wildman–Crippen MR) is 116 cm³/mol. The molecule has 1 aliphatic rings. The second-order valence-corrected chi connectivity index (χ2v) is 8.74. The van der Waals surface area contributed by atoms with Crippen LogP contribution in [-0.2, 0) is 27.4 Å². The van der Waals surface area contributed by atoms with Crippen LogP contribution >= 0.6 is 11.3 Å². The standard InChI is InChI=1S/C22H26N4O3S/c1-14(27)24-21(9-16-10-23-20-6-4-3-5-19(16)20)22(28)26-8-7-18(11-26)29-12-17-13-30-15(2)25-17/h3-6,10,13,18,21,23H,7-9,11-12H2,1-2H3,(H,24,27)/t18-,21-/m0/s1. The van der Waals surface area contributed by atoms with Crippen molar-refractivity contribution in [3.63, 3.8) is 0 Å². The molecular formula is C22H26N4O3S. The minimum absolute atomic E-state index is 0.0120. The van der Waals surface area contributed by atoms with Gasteiger partial charge in [-0.3, -0.25) is 9.59 Å². The van der Waals surface area contributed by atoms with Crippen molar-refractivity contribution in [1.29, 1.82) is 0 Å². The summed E-state index contributed by atoms with van der Waals surface area (Å²) in [5.74, 6) is -0.273. The van der Waals surface area contributed by atoms with Crippen molar-refractivity contribution in [1.82, 2.24) is 20.2 Å². The predicted octanol–water partition coefficient (Wildman–Crippen LogP) is 2.80. The molecule has 1 fully saturated rings. The number of rotatable bonds is 7. The lowest BCUT2D eigenvalue weighted by molar-refractivity contribution is -0.135. The molecule has 1 aliphatic heterocycles. The van der Waals surface area contributed by atoms with Crippen LogP contribution in [0.2, 0.25) is 0 Å². The summed E-state index contributed by atoms with van der Waals surface area (Å²) >= 11 is 1.61. The van der Waals surface area contributed by atoms with Gasteiger partial charge in [-0.15, -0.1) is 11.3 Å². The van der Waals surface area contributed by atoms with Gasteiger partial charge in [-0.1, -0.05) is 18.2 Å². The van der Waals surface area contributed by atoms with Gasteiger partial charge in [0.05, 0.1) is 23.4 Å². The summed E-state index contributed by atoms with van der Waals surface area (Å²) in [6.07, 6.45) is 3.14. The van der Waals surface area contributed by atoms with Crippen LogP contribution in [0, 0.1) is 6.92 Å². The van der Waals surface area contributed by atoms with E-state index in [1.807, 2.05) is 42.8 Å². The first-order valence-corrected chi connectivity index (χ1v) is 11.0. The maximum Gasteiger partial charge on any atom is 0.245 e. The highest BCUT2D eigenvalue weighted by atomic mass is 32.1. The van der Waals surface area contributed by atoms with Gasteiger partial charge in [0.15, 0.2) is 0 Å². The number of H-pyrrole nitrogens is 1. The fourth-order valence-electron chi connectivity index (χ4n) is 3.93. The van der Waals surface area contributed by atoms with Gasteiger partial charge in [0, 0.05) is 48.9 Å². The zero-order chi connectivity index (χ0) is 21.1. The van der Waals surface area contributed by atoms with Crippen molar-refractivity contribution >= 4 is 34.1 Å². The van der Waals surface area contributed by atoms with E-state index in [0.717, 1.165) is 33.6 Å². The number of thiazole rings is 1. The molecule has 2 atom stereocenters. The van der Waals surface area contributed by atoms with Gasteiger partial charge in [-0.25, -0.2) is 4.98 Å². The van der Waals surface area contributed by atoms with Crippen molar-refractivity contribution in [2.24, 2.45) is 0 Å². The molecule has 0 bridgehead atoms. The number of para-hydroxylation sites is 1. The Morgan fingerprint density at radius 2 is 2.23 bits per heavy atom. The van der Waals surface area contributed by atoms with E-state index in [0.29, 0.717) is 26.1 Å². The van der Waals surface area contributed by atoms with Gasteiger partial charge in [-0.2, -0.15) is 0 Å². The molecule has 1 saturated heterocycles. The van der Waals surface area contributed by atoms with E-state index >= 15 is 0 Å². The zero-order valence-corrected chi connectivity index (χ0v) is 18.0. The number of nitrogens with zero attached hydrogens (tertiary/aromatic N) is 2. The number of aromatic amines is 1. The maximum atomic E-state index is 13.2. The first-order chi connectivity index (χ1) is 14.5. The van der Waals surface area contributed by atoms with Crippen LogP contribution in [0.25, 0.3) is 10.9 Å². The van der Waals surface area contributed by atoms with Gasteiger partial charge < -0.3 is 19.9 Å². The van der Waals surface area contributed by atoms with Gasteiger partial charge >= 0.3 is 0 Å². The van der Waals surface area contributed by atoms with E-state index < -0.39 is 6.04 Å². The lowest BCUT2D eigenvalue weighted by Crippen LogP contribution is -2.48. The number of likely N-dealkylation sites (tertiary alicyclic amines) is 1. The number of nitrogens with one attached hydrogen (secondary N) is 2. The number of aromatic nitrogens is 2. The first-order valence-electron chi connectivity index (χ1n) is 10.1. The molecule has 2 aromatic heterocycles. The quantitative estimate of drug-likeness (QED) is 0.608. The van der Waals surface area contributed by atoms with Crippen LogP contribution in [0.3, 0.4) is 0 Å². The van der Waals surface area contributed by atoms with E-state index in [9.17, 15) is 9.59 Å². The highest BCUT2D eigenvalue weighted by molar-refractivity contribution is 7.09. The highest BCUT2D eigenvalue weighted by Crippen LogP contribution is 2.21. The second kappa shape index (κ2) is 8.97. The molecular weight excluding hydrogens is 400 g/mol. The lowest BCUT2D eigenvalue weighted by Gasteiger charge is -2.24. The Labute approximate surface area is 179 Å². The van der Waals surface area contributed by atoms with Crippen molar-refractivity contribution in [3.8, 4) is 0 Å². The Balaban J connectivity index is 1.40. The van der Waals surface area contributed by atoms with Crippen LogP contribution in [0.5, 0.6) is 0 Å². The van der Waals surface area contributed by atoms with E-state index in [1.165, 1.54) is 6.92 Å². The van der Waals surface area contributed by atoms with Crippen LogP contribution in [0.15, 0.2) is 35.8 Å². The maximum absolute atomic E-state index is 13.2. The summed E-state index contributed by atoms with van der Waals surface area (Å²) in [4.78, 5) is 34.4. The van der Waals surface area contributed by atoms with E-state index in [2.05, 4.69) is 15.3 Å². The fourth-order valence-corrected chi connectivity index (χ4v) is 4.53. The Kier molecular flexibility index (Phi) is 6.15. The number of hydrogen-bond donors (Lipinski definition) is 2. The minimum atomic E-state index is -0.596. The highest BCUT2D eigenvalue weighted by Gasteiger charge is 2.32. The summed E-state index contributed by atoms with van der Waals surface area (Å²) in [5, 5.41) is 6.93. The smallest absolute Gasteiger partial charge is 0.245 e. The van der Waals surface area contributed by atoms with Crippen LogP contribution in [0.1, 0.15) is 29.6 Å². The Hall–Kier alpha value is -2.71. The molecule has 8 heteroatoms. The minimum Gasteiger partial charge on any atom is -0.370 e. The van der Waals surface area contributed by atoms with Gasteiger partial charge in [0.2, 0.25) is 11.8 Å². The third-order valence-electron chi connectivity index (χ3n) is 5.36. The molecule has 158 valence electrons. The molecule has 0 saturated carbocycles. The third kappa shape index (κ3) is 4.71. The number of hydrogen-bond acceptors (Lipinski definition) is 5. The Bertz CT molecular complexity index is 1040. The van der Waals surface area contributed by atoms with Crippen LogP contribution < -0.4 is 5.32 Å². The third-order valence-corrected chi connectivity index (χ3v) is 6.19. The van der Waals surface area contributed by atoms with Crippen LogP contribution in [0.4, 0.5) is 0 Å². The molecule has 2 N–H and O–H groups in total. The van der Waals surface area contributed by atoms with Crippen molar-refractivity contribution < 1.29 is 14.3 Å². The summed E-state index contributed by atoms with van der Waals surface area (Å²) < 4.78 is 5.97. The largest absolute Gasteiger partial charge is 0.370 e. The average Bonchev–Trinajstić information content (AvgIpc) is 3.45. The summed E-state index contributed by atoms with van der Waals surface area (Å²) in [6, 6.07) is 7.37. The molecule has 30 heavy (non-hydrogen) atoms. The number of fused-ring (bicyclic) bond motifs is 1. The van der Waals surface area contributed by atoms with Crippen LogP contribution in [-0.4, -0.2) is 51.9 Å². The number of carbonyl (C=O) groups is 2. The van der Waals surface area contributed by atoms with Gasteiger partial charge in [0.25, 0.3) is 0 Å². The molecule has 0 unspecified atom stereocenters.